The summed E-state index contributed by atoms with van der Waals surface area (Å²) >= 11 is 0. The summed E-state index contributed by atoms with van der Waals surface area (Å²) in [6, 6.07) is 16.5. The fourth-order valence-corrected chi connectivity index (χ4v) is 3.90. The van der Waals surface area contributed by atoms with Crippen LogP contribution in [0.2, 0.25) is 0 Å². The fourth-order valence-electron chi connectivity index (χ4n) is 2.73. The number of nitro benzene ring substituents is 1. The van der Waals surface area contributed by atoms with Crippen LogP contribution in [-0.4, -0.2) is 25.7 Å². The van der Waals surface area contributed by atoms with Crippen molar-refractivity contribution in [2.75, 3.05) is 0 Å². The molecule has 0 aliphatic rings. The lowest BCUT2D eigenvalue weighted by Gasteiger charge is -2.13. The Morgan fingerprint density at radius 2 is 1.74 bits per heavy atom. The Labute approximate surface area is 155 Å². The highest BCUT2D eigenvalue weighted by molar-refractivity contribution is 7.89. The van der Waals surface area contributed by atoms with Crippen molar-refractivity contribution >= 4 is 32.8 Å². The molecule has 0 amide bonds. The molecule has 3 aromatic carbocycles. The number of nitro groups is 1. The Kier molecular flexibility index (Phi) is 5.29. The Hall–Kier alpha value is -3.10. The van der Waals surface area contributed by atoms with Gasteiger partial charge in [-0.1, -0.05) is 42.5 Å². The molecule has 0 spiro atoms. The van der Waals surface area contributed by atoms with Crippen LogP contribution in [0.1, 0.15) is 5.56 Å². The van der Waals surface area contributed by atoms with E-state index in [4.69, 9.17) is 0 Å². The van der Waals surface area contributed by atoms with E-state index < -0.39 is 21.0 Å². The van der Waals surface area contributed by atoms with E-state index in [-0.39, 0.29) is 17.0 Å². The standard InChI is InChI=1S/C19H15N2O5S/c22-13-17(10-14-4-3-7-18(11-14)21(23)24)20-27(25,26)19-9-8-15-5-1-2-6-16(15)12-19/h1-9,11-12,17,20H,10H2/t17-/m0/s1. The molecule has 0 bridgehead atoms. The van der Waals surface area contributed by atoms with Crippen molar-refractivity contribution in [3.63, 3.8) is 0 Å². The van der Waals surface area contributed by atoms with Crippen LogP contribution in [0.3, 0.4) is 0 Å². The Balaban J connectivity index is 1.82. The van der Waals surface area contributed by atoms with E-state index in [2.05, 4.69) is 4.72 Å². The van der Waals surface area contributed by atoms with Gasteiger partial charge in [0.1, 0.15) is 0 Å². The van der Waals surface area contributed by atoms with E-state index in [0.717, 1.165) is 10.8 Å². The Bertz CT molecular complexity index is 1110. The number of sulfonamides is 1. The molecule has 0 aliphatic heterocycles. The molecule has 137 valence electrons. The first-order chi connectivity index (χ1) is 12.9. The molecule has 0 aliphatic carbocycles. The van der Waals surface area contributed by atoms with Gasteiger partial charge in [0.25, 0.3) is 5.69 Å². The van der Waals surface area contributed by atoms with Crippen molar-refractivity contribution < 1.29 is 18.1 Å². The van der Waals surface area contributed by atoms with Crippen molar-refractivity contribution in [2.45, 2.75) is 17.4 Å². The molecule has 0 fully saturated rings. The maximum absolute atomic E-state index is 12.6. The third-order valence-corrected chi connectivity index (χ3v) is 5.50. The maximum Gasteiger partial charge on any atom is 0.269 e. The first-order valence-electron chi connectivity index (χ1n) is 8.01. The molecule has 0 unspecified atom stereocenters. The van der Waals surface area contributed by atoms with Crippen LogP contribution >= 0.6 is 0 Å². The molecule has 7 nitrogen and oxygen atoms in total. The van der Waals surface area contributed by atoms with E-state index in [1.807, 2.05) is 12.1 Å². The molecule has 0 aromatic heterocycles. The molecule has 8 heteroatoms. The minimum absolute atomic E-state index is 0.0282. The summed E-state index contributed by atoms with van der Waals surface area (Å²) in [4.78, 5) is 21.6. The third-order valence-electron chi connectivity index (χ3n) is 4.03. The summed E-state index contributed by atoms with van der Waals surface area (Å²) < 4.78 is 27.5. The number of nitrogens with one attached hydrogen (secondary N) is 1. The van der Waals surface area contributed by atoms with Crippen LogP contribution < -0.4 is 4.72 Å². The summed E-state index contributed by atoms with van der Waals surface area (Å²) in [5.74, 6) is 0. The first kappa shape index (κ1) is 18.7. The normalized spacial score (nSPS) is 12.6. The number of hydrogen-bond acceptors (Lipinski definition) is 5. The number of carbonyl (C=O) groups excluding carboxylic acids is 1. The molecular weight excluding hydrogens is 368 g/mol. The van der Waals surface area contributed by atoms with Crippen molar-refractivity contribution in [1.82, 2.24) is 4.72 Å². The van der Waals surface area contributed by atoms with Gasteiger partial charge < -0.3 is 0 Å². The number of rotatable bonds is 7. The van der Waals surface area contributed by atoms with Gasteiger partial charge in [0, 0.05) is 12.1 Å². The molecule has 0 saturated heterocycles. The second-order valence-electron chi connectivity index (χ2n) is 5.93. The van der Waals surface area contributed by atoms with Gasteiger partial charge in [0.15, 0.2) is 0 Å². The van der Waals surface area contributed by atoms with Gasteiger partial charge in [0.2, 0.25) is 16.3 Å². The lowest BCUT2D eigenvalue weighted by molar-refractivity contribution is -0.384. The topological polar surface area (TPSA) is 106 Å². The van der Waals surface area contributed by atoms with Crippen molar-refractivity contribution in [3.05, 3.63) is 82.4 Å². The van der Waals surface area contributed by atoms with Gasteiger partial charge in [0.05, 0.1) is 15.9 Å². The highest BCUT2D eigenvalue weighted by atomic mass is 32.2. The van der Waals surface area contributed by atoms with E-state index >= 15 is 0 Å². The Morgan fingerprint density at radius 1 is 1.00 bits per heavy atom. The third kappa shape index (κ3) is 4.36. The first-order valence-corrected chi connectivity index (χ1v) is 9.49. The van der Waals surface area contributed by atoms with Gasteiger partial charge in [-0.15, -0.1) is 0 Å². The molecule has 1 atom stereocenters. The van der Waals surface area contributed by atoms with E-state index in [1.165, 1.54) is 30.3 Å². The lowest BCUT2D eigenvalue weighted by Crippen LogP contribution is -2.37. The van der Waals surface area contributed by atoms with Crippen LogP contribution in [0.15, 0.2) is 71.6 Å². The predicted octanol–water partition coefficient (Wildman–Crippen LogP) is 2.75. The summed E-state index contributed by atoms with van der Waals surface area (Å²) in [6.45, 7) is 0. The van der Waals surface area contributed by atoms with Crippen LogP contribution in [0.5, 0.6) is 0 Å². The minimum Gasteiger partial charge on any atom is -0.289 e. The Morgan fingerprint density at radius 3 is 2.44 bits per heavy atom. The zero-order chi connectivity index (χ0) is 19.4. The smallest absolute Gasteiger partial charge is 0.269 e. The molecule has 0 saturated carbocycles. The van der Waals surface area contributed by atoms with Gasteiger partial charge in [-0.2, -0.15) is 4.72 Å². The van der Waals surface area contributed by atoms with E-state index in [1.54, 1.807) is 30.6 Å². The SMILES string of the molecule is O=[C][C@H](Cc1cccc([N+](=O)[O-])c1)NS(=O)(=O)c1ccc2ccccc2c1. The highest BCUT2D eigenvalue weighted by Gasteiger charge is 2.21. The molecule has 3 rings (SSSR count). The van der Waals surface area contributed by atoms with Gasteiger partial charge in [-0.25, -0.2) is 8.42 Å². The summed E-state index contributed by atoms with van der Waals surface area (Å²) in [7, 11) is -3.96. The second kappa shape index (κ2) is 7.65. The predicted molar refractivity (Wildman–Crippen MR) is 101 cm³/mol. The molecule has 3 aromatic rings. The number of non-ortho nitro benzene ring substituents is 1. The van der Waals surface area contributed by atoms with Crippen LogP contribution in [0, 0.1) is 10.1 Å². The molecule has 27 heavy (non-hydrogen) atoms. The summed E-state index contributed by atoms with van der Waals surface area (Å²) in [6.07, 6.45) is 1.61. The summed E-state index contributed by atoms with van der Waals surface area (Å²) in [5.41, 5.74) is 0.327. The quantitative estimate of drug-likeness (QED) is 0.499. The van der Waals surface area contributed by atoms with E-state index in [0.29, 0.717) is 5.56 Å². The van der Waals surface area contributed by atoms with Crippen LogP contribution in [-0.2, 0) is 21.2 Å². The second-order valence-corrected chi connectivity index (χ2v) is 7.65. The van der Waals surface area contributed by atoms with Gasteiger partial charge >= 0.3 is 0 Å². The highest BCUT2D eigenvalue weighted by Crippen LogP contribution is 2.20. The molecule has 0 heterocycles. The number of benzene rings is 3. The molecular formula is C19H15N2O5S. The minimum atomic E-state index is -3.96. The fraction of sp³-hybridized carbons (Fsp3) is 0.105. The summed E-state index contributed by atoms with van der Waals surface area (Å²) in [5, 5.41) is 12.5. The zero-order valence-electron chi connectivity index (χ0n) is 14.0. The number of nitrogens with zero attached hydrogens (tertiary/aromatic N) is 1. The lowest BCUT2D eigenvalue weighted by atomic mass is 10.1. The largest absolute Gasteiger partial charge is 0.289 e. The van der Waals surface area contributed by atoms with Crippen molar-refractivity contribution in [2.24, 2.45) is 0 Å². The van der Waals surface area contributed by atoms with Gasteiger partial charge in [-0.3, -0.25) is 14.9 Å². The number of hydrogen-bond donors (Lipinski definition) is 1. The van der Waals surface area contributed by atoms with Crippen LogP contribution in [0.25, 0.3) is 10.8 Å². The monoisotopic (exact) mass is 383 g/mol. The van der Waals surface area contributed by atoms with Crippen molar-refractivity contribution in [1.29, 1.82) is 0 Å². The average molecular weight is 383 g/mol. The number of fused-ring (bicyclic) bond motifs is 1. The maximum atomic E-state index is 12.6. The van der Waals surface area contributed by atoms with E-state index in [9.17, 15) is 23.3 Å². The average Bonchev–Trinajstić information content (AvgIpc) is 2.67. The van der Waals surface area contributed by atoms with Crippen LogP contribution in [0.4, 0.5) is 5.69 Å². The molecule has 1 radical (unpaired) electrons. The zero-order valence-corrected chi connectivity index (χ0v) is 14.8. The van der Waals surface area contributed by atoms with Gasteiger partial charge in [-0.05, 0) is 34.9 Å². The molecule has 1 N–H and O–H groups in total. The van der Waals surface area contributed by atoms with Crippen molar-refractivity contribution in [3.8, 4) is 0 Å².